The van der Waals surface area contributed by atoms with Crippen molar-refractivity contribution in [1.29, 1.82) is 0 Å². The lowest BCUT2D eigenvalue weighted by atomic mass is 10.0. The number of carbonyl (C=O) groups excluding carboxylic acids is 1. The van der Waals surface area contributed by atoms with Gasteiger partial charge in [-0.05, 0) is 44.7 Å². The average Bonchev–Trinajstić information content (AvgIpc) is 2.86. The molecule has 0 aliphatic carbocycles. The number of hydrogen-bond donors (Lipinski definition) is 2. The quantitative estimate of drug-likeness (QED) is 0.760. The van der Waals surface area contributed by atoms with Crippen molar-refractivity contribution in [2.75, 3.05) is 0 Å². The Labute approximate surface area is 116 Å². The van der Waals surface area contributed by atoms with Crippen LogP contribution < -0.4 is 10.6 Å². The Morgan fingerprint density at radius 2 is 2.00 bits per heavy atom. The van der Waals surface area contributed by atoms with Gasteiger partial charge in [-0.15, -0.1) is 0 Å². The summed E-state index contributed by atoms with van der Waals surface area (Å²) in [5, 5.41) is 6.18. The van der Waals surface area contributed by atoms with Gasteiger partial charge in [-0.25, -0.2) is 0 Å². The number of nitrogens with one attached hydrogen (secondary N) is 2. The molecule has 2 N–H and O–H groups in total. The van der Waals surface area contributed by atoms with E-state index in [-0.39, 0.29) is 11.9 Å². The molecule has 0 aromatic carbocycles. The van der Waals surface area contributed by atoms with Crippen LogP contribution in [-0.2, 0) is 11.3 Å². The molecule has 0 aliphatic heterocycles. The maximum atomic E-state index is 11.9. The molecule has 4 nitrogen and oxygen atoms in total. The smallest absolute Gasteiger partial charge is 0.237 e. The van der Waals surface area contributed by atoms with Gasteiger partial charge in [0.15, 0.2) is 0 Å². The maximum absolute atomic E-state index is 11.9. The molecule has 0 spiro atoms. The lowest BCUT2D eigenvalue weighted by Crippen LogP contribution is -2.45. The molecule has 0 fully saturated rings. The zero-order valence-electron chi connectivity index (χ0n) is 12.4. The summed E-state index contributed by atoms with van der Waals surface area (Å²) in [5.41, 5.74) is 0. The van der Waals surface area contributed by atoms with Crippen molar-refractivity contribution in [2.45, 2.75) is 59.2 Å². The van der Waals surface area contributed by atoms with Crippen LogP contribution in [0.5, 0.6) is 0 Å². The van der Waals surface area contributed by atoms with Crippen LogP contribution in [0.3, 0.4) is 0 Å². The number of amides is 1. The Balaban J connectivity index is 2.24. The van der Waals surface area contributed by atoms with Crippen molar-refractivity contribution < 1.29 is 9.21 Å². The first kappa shape index (κ1) is 15.8. The molecule has 19 heavy (non-hydrogen) atoms. The van der Waals surface area contributed by atoms with Crippen LogP contribution in [0.1, 0.15) is 46.3 Å². The van der Waals surface area contributed by atoms with E-state index in [1.54, 1.807) is 6.26 Å². The molecule has 0 saturated heterocycles. The first-order valence-corrected chi connectivity index (χ1v) is 7.05. The molecule has 2 unspecified atom stereocenters. The van der Waals surface area contributed by atoms with E-state index < -0.39 is 0 Å². The van der Waals surface area contributed by atoms with Crippen molar-refractivity contribution in [3.8, 4) is 0 Å². The molecular formula is C15H26N2O2. The summed E-state index contributed by atoms with van der Waals surface area (Å²) in [6, 6.07) is 3.84. The van der Waals surface area contributed by atoms with E-state index in [0.717, 1.165) is 12.2 Å². The molecule has 1 aromatic heterocycles. The van der Waals surface area contributed by atoms with Gasteiger partial charge in [-0.1, -0.05) is 13.8 Å². The van der Waals surface area contributed by atoms with Crippen LogP contribution in [0.2, 0.25) is 0 Å². The largest absolute Gasteiger partial charge is 0.467 e. The summed E-state index contributed by atoms with van der Waals surface area (Å²) in [6.45, 7) is 8.89. The van der Waals surface area contributed by atoms with Crippen molar-refractivity contribution >= 4 is 5.91 Å². The lowest BCUT2D eigenvalue weighted by Gasteiger charge is -2.20. The minimum absolute atomic E-state index is 0.00722. The topological polar surface area (TPSA) is 54.3 Å². The fourth-order valence-corrected chi connectivity index (χ4v) is 1.91. The number of hydrogen-bond acceptors (Lipinski definition) is 3. The molecule has 1 rings (SSSR count). The van der Waals surface area contributed by atoms with Crippen molar-refractivity contribution in [2.24, 2.45) is 5.92 Å². The molecular weight excluding hydrogens is 240 g/mol. The summed E-state index contributed by atoms with van der Waals surface area (Å²) in [7, 11) is 0. The van der Waals surface area contributed by atoms with Gasteiger partial charge in [0.25, 0.3) is 0 Å². The molecule has 108 valence electrons. The summed E-state index contributed by atoms with van der Waals surface area (Å²) in [5.74, 6) is 1.48. The SMILES string of the molecule is CC(C)CCC(C)NC(C)C(=O)NCc1ccco1. The van der Waals surface area contributed by atoms with Gasteiger partial charge in [0.1, 0.15) is 5.76 Å². The van der Waals surface area contributed by atoms with Gasteiger partial charge in [0, 0.05) is 6.04 Å². The second-order valence-electron chi connectivity index (χ2n) is 5.56. The predicted octanol–water partition coefficient (Wildman–Crippen LogP) is 2.70. The first-order chi connectivity index (χ1) is 8.99. The average molecular weight is 266 g/mol. The third kappa shape index (κ3) is 6.43. The standard InChI is InChI=1S/C15H26N2O2/c1-11(2)7-8-12(3)17-13(4)15(18)16-10-14-6-5-9-19-14/h5-6,9,11-13,17H,7-8,10H2,1-4H3,(H,16,18). The minimum Gasteiger partial charge on any atom is -0.467 e. The van der Waals surface area contributed by atoms with Crippen LogP contribution in [-0.4, -0.2) is 18.0 Å². The highest BCUT2D eigenvalue weighted by Gasteiger charge is 2.15. The summed E-state index contributed by atoms with van der Waals surface area (Å²) in [4.78, 5) is 11.9. The fourth-order valence-electron chi connectivity index (χ4n) is 1.91. The van der Waals surface area contributed by atoms with Gasteiger partial charge in [0.2, 0.25) is 5.91 Å². The van der Waals surface area contributed by atoms with Crippen LogP contribution in [0, 0.1) is 5.92 Å². The third-order valence-electron chi connectivity index (χ3n) is 3.12. The highest BCUT2D eigenvalue weighted by molar-refractivity contribution is 5.81. The second-order valence-corrected chi connectivity index (χ2v) is 5.56. The maximum Gasteiger partial charge on any atom is 0.237 e. The van der Waals surface area contributed by atoms with Crippen molar-refractivity contribution in [3.05, 3.63) is 24.2 Å². The number of rotatable bonds is 8. The van der Waals surface area contributed by atoms with Gasteiger partial charge >= 0.3 is 0 Å². The van der Waals surface area contributed by atoms with E-state index in [2.05, 4.69) is 31.4 Å². The Morgan fingerprint density at radius 1 is 1.26 bits per heavy atom. The van der Waals surface area contributed by atoms with E-state index in [1.165, 1.54) is 6.42 Å². The molecule has 1 aromatic rings. The summed E-state index contributed by atoms with van der Waals surface area (Å²) >= 11 is 0. The first-order valence-electron chi connectivity index (χ1n) is 7.05. The fraction of sp³-hybridized carbons (Fsp3) is 0.667. The van der Waals surface area contributed by atoms with E-state index >= 15 is 0 Å². The Hall–Kier alpha value is -1.29. The molecule has 1 amide bonds. The van der Waals surface area contributed by atoms with Gasteiger partial charge in [0.05, 0.1) is 18.8 Å². The zero-order chi connectivity index (χ0) is 14.3. The van der Waals surface area contributed by atoms with Crippen LogP contribution in [0.15, 0.2) is 22.8 Å². The zero-order valence-corrected chi connectivity index (χ0v) is 12.4. The normalized spacial score (nSPS) is 14.4. The summed E-state index contributed by atoms with van der Waals surface area (Å²) in [6.07, 6.45) is 3.87. The van der Waals surface area contributed by atoms with E-state index in [1.807, 2.05) is 19.1 Å². The highest BCUT2D eigenvalue weighted by atomic mass is 16.3. The van der Waals surface area contributed by atoms with Crippen LogP contribution >= 0.6 is 0 Å². The van der Waals surface area contributed by atoms with Crippen LogP contribution in [0.4, 0.5) is 0 Å². The van der Waals surface area contributed by atoms with Gasteiger partial charge < -0.3 is 15.1 Å². The minimum atomic E-state index is -0.183. The Kier molecular flexibility index (Phi) is 6.64. The monoisotopic (exact) mass is 266 g/mol. The molecule has 0 saturated carbocycles. The Bertz CT molecular complexity index is 360. The predicted molar refractivity (Wildman–Crippen MR) is 76.7 cm³/mol. The summed E-state index contributed by atoms with van der Waals surface area (Å²) < 4.78 is 5.17. The molecule has 2 atom stereocenters. The molecule has 0 bridgehead atoms. The van der Waals surface area contributed by atoms with Crippen molar-refractivity contribution in [3.63, 3.8) is 0 Å². The van der Waals surface area contributed by atoms with E-state index in [4.69, 9.17) is 4.42 Å². The lowest BCUT2D eigenvalue weighted by molar-refractivity contribution is -0.123. The van der Waals surface area contributed by atoms with Gasteiger partial charge in [-0.2, -0.15) is 0 Å². The Morgan fingerprint density at radius 3 is 2.58 bits per heavy atom. The molecule has 0 radical (unpaired) electrons. The highest BCUT2D eigenvalue weighted by Crippen LogP contribution is 2.07. The number of furan rings is 1. The number of carbonyl (C=O) groups is 1. The van der Waals surface area contributed by atoms with E-state index in [9.17, 15) is 4.79 Å². The molecule has 0 aliphatic rings. The second kappa shape index (κ2) is 8.00. The van der Waals surface area contributed by atoms with Crippen molar-refractivity contribution in [1.82, 2.24) is 10.6 Å². The third-order valence-corrected chi connectivity index (χ3v) is 3.12. The molecule has 1 heterocycles. The molecule has 4 heteroatoms. The van der Waals surface area contributed by atoms with Gasteiger partial charge in [-0.3, -0.25) is 4.79 Å². The van der Waals surface area contributed by atoms with E-state index in [0.29, 0.717) is 18.5 Å². The van der Waals surface area contributed by atoms with Crippen LogP contribution in [0.25, 0.3) is 0 Å².